The Kier molecular flexibility index (Phi) is 4.68. The van der Waals surface area contributed by atoms with Crippen LogP contribution in [-0.2, 0) is 6.42 Å². The molecule has 1 nitrogen and oxygen atoms in total. The Hall–Kier alpha value is -1.10. The average molecular weight is 289 g/mol. The number of hydrogen-bond donors (Lipinski definition) is 1. The van der Waals surface area contributed by atoms with Crippen LogP contribution in [0, 0.1) is 17.6 Å². The van der Waals surface area contributed by atoms with E-state index in [0.29, 0.717) is 24.8 Å². The van der Waals surface area contributed by atoms with Gasteiger partial charge >= 0.3 is 0 Å². The van der Waals surface area contributed by atoms with Gasteiger partial charge in [0.15, 0.2) is 11.6 Å². The molecule has 0 spiro atoms. The van der Waals surface area contributed by atoms with Gasteiger partial charge in [-0.15, -0.1) is 0 Å². The zero-order chi connectivity index (χ0) is 14.8. The van der Waals surface area contributed by atoms with Crippen molar-refractivity contribution < 1.29 is 17.6 Å². The Morgan fingerprint density at radius 1 is 1.25 bits per heavy atom. The summed E-state index contributed by atoms with van der Waals surface area (Å²) in [6.07, 6.45) is 0.893. The van der Waals surface area contributed by atoms with E-state index < -0.39 is 17.6 Å². The lowest BCUT2D eigenvalue weighted by Crippen LogP contribution is -2.39. The van der Waals surface area contributed by atoms with Crippen LogP contribution < -0.4 is 5.32 Å². The zero-order valence-electron chi connectivity index (χ0n) is 11.4. The number of halogens is 4. The third-order valence-electron chi connectivity index (χ3n) is 4.17. The third-order valence-corrected chi connectivity index (χ3v) is 4.17. The van der Waals surface area contributed by atoms with Crippen molar-refractivity contribution in [2.24, 2.45) is 5.92 Å². The summed E-state index contributed by atoms with van der Waals surface area (Å²) in [6.45, 7) is 0. The fraction of sp³-hybridized carbons (Fsp3) is 0.600. The van der Waals surface area contributed by atoms with E-state index in [2.05, 4.69) is 5.32 Å². The smallest absolute Gasteiger partial charge is 0.248 e. The van der Waals surface area contributed by atoms with Gasteiger partial charge in [-0.3, -0.25) is 0 Å². The van der Waals surface area contributed by atoms with Crippen LogP contribution in [0.1, 0.15) is 31.2 Å². The second kappa shape index (κ2) is 6.12. The molecule has 1 saturated carbocycles. The molecule has 0 aromatic heterocycles. The minimum atomic E-state index is -2.57. The molecule has 1 aromatic carbocycles. The lowest BCUT2D eigenvalue weighted by Gasteiger charge is -2.33. The highest BCUT2D eigenvalue weighted by molar-refractivity contribution is 5.20. The van der Waals surface area contributed by atoms with Gasteiger partial charge in [-0.05, 0) is 43.9 Å². The molecule has 0 heterocycles. The summed E-state index contributed by atoms with van der Waals surface area (Å²) in [4.78, 5) is 0. The fourth-order valence-corrected chi connectivity index (χ4v) is 2.91. The molecule has 1 fully saturated rings. The first-order chi connectivity index (χ1) is 9.43. The SMILES string of the molecule is CNC(Cc1cccc(F)c1F)C1CCC(F)(F)CC1. The monoisotopic (exact) mass is 289 g/mol. The maximum Gasteiger partial charge on any atom is 0.248 e. The van der Waals surface area contributed by atoms with Crippen LogP contribution in [-0.4, -0.2) is 19.0 Å². The van der Waals surface area contributed by atoms with Crippen molar-refractivity contribution in [2.45, 2.75) is 44.1 Å². The first-order valence-electron chi connectivity index (χ1n) is 6.91. The molecule has 0 aliphatic heterocycles. The molecule has 0 saturated heterocycles. The predicted molar refractivity (Wildman–Crippen MR) is 69.8 cm³/mol. The van der Waals surface area contributed by atoms with E-state index in [1.807, 2.05) is 0 Å². The van der Waals surface area contributed by atoms with Crippen LogP contribution in [0.25, 0.3) is 0 Å². The van der Waals surface area contributed by atoms with E-state index in [1.165, 1.54) is 6.07 Å². The van der Waals surface area contributed by atoms with E-state index >= 15 is 0 Å². The molecule has 0 radical (unpaired) electrons. The van der Waals surface area contributed by atoms with Crippen molar-refractivity contribution in [1.29, 1.82) is 0 Å². The largest absolute Gasteiger partial charge is 0.316 e. The van der Waals surface area contributed by atoms with E-state index in [4.69, 9.17) is 0 Å². The standard InChI is InChI=1S/C15H19F4N/c1-20-13(10-5-7-15(18,19)8-6-10)9-11-3-2-4-12(16)14(11)17/h2-4,10,13,20H,5-9H2,1H3. The summed E-state index contributed by atoms with van der Waals surface area (Å²) >= 11 is 0. The molecular formula is C15H19F4N. The first-order valence-corrected chi connectivity index (χ1v) is 6.91. The average Bonchev–Trinajstić information content (AvgIpc) is 2.41. The van der Waals surface area contributed by atoms with Crippen LogP contribution in [0.5, 0.6) is 0 Å². The Morgan fingerprint density at radius 3 is 2.50 bits per heavy atom. The molecule has 1 aliphatic rings. The van der Waals surface area contributed by atoms with Crippen LogP contribution in [0.3, 0.4) is 0 Å². The molecule has 112 valence electrons. The van der Waals surface area contributed by atoms with Gasteiger partial charge in [0.2, 0.25) is 5.92 Å². The summed E-state index contributed by atoms with van der Waals surface area (Å²) < 4.78 is 53.2. The summed E-state index contributed by atoms with van der Waals surface area (Å²) in [5.74, 6) is -4.21. The molecule has 0 amide bonds. The van der Waals surface area contributed by atoms with Gasteiger partial charge in [0.25, 0.3) is 0 Å². The Labute approximate surface area is 116 Å². The maximum absolute atomic E-state index is 13.7. The van der Waals surface area contributed by atoms with Crippen LogP contribution in [0.4, 0.5) is 17.6 Å². The molecule has 1 N–H and O–H groups in total. The molecule has 1 unspecified atom stereocenters. The number of alkyl halides is 2. The zero-order valence-corrected chi connectivity index (χ0v) is 11.4. The number of nitrogens with one attached hydrogen (secondary N) is 1. The minimum Gasteiger partial charge on any atom is -0.316 e. The molecule has 1 aliphatic carbocycles. The lowest BCUT2D eigenvalue weighted by molar-refractivity contribution is -0.0493. The van der Waals surface area contributed by atoms with Crippen molar-refractivity contribution >= 4 is 0 Å². The number of likely N-dealkylation sites (N-methyl/N-ethyl adjacent to an activating group) is 1. The van der Waals surface area contributed by atoms with Gasteiger partial charge in [0, 0.05) is 18.9 Å². The van der Waals surface area contributed by atoms with Gasteiger partial charge in [-0.2, -0.15) is 0 Å². The topological polar surface area (TPSA) is 12.0 Å². The summed E-state index contributed by atoms with van der Waals surface area (Å²) in [5, 5.41) is 3.06. The number of benzene rings is 1. The van der Waals surface area contributed by atoms with E-state index in [9.17, 15) is 17.6 Å². The second-order valence-corrected chi connectivity index (χ2v) is 5.51. The Balaban J connectivity index is 2.04. The highest BCUT2D eigenvalue weighted by Gasteiger charge is 2.37. The van der Waals surface area contributed by atoms with Crippen LogP contribution in [0.2, 0.25) is 0 Å². The van der Waals surface area contributed by atoms with Gasteiger partial charge in [0.1, 0.15) is 0 Å². The summed E-state index contributed by atoms with van der Waals surface area (Å²) in [7, 11) is 1.73. The van der Waals surface area contributed by atoms with Gasteiger partial charge < -0.3 is 5.32 Å². The van der Waals surface area contributed by atoms with Crippen LogP contribution >= 0.6 is 0 Å². The van der Waals surface area contributed by atoms with Gasteiger partial charge in [-0.1, -0.05) is 12.1 Å². The molecule has 1 atom stereocenters. The number of hydrogen-bond acceptors (Lipinski definition) is 1. The molecule has 5 heteroatoms. The highest BCUT2D eigenvalue weighted by Crippen LogP contribution is 2.38. The van der Waals surface area contributed by atoms with Crippen molar-refractivity contribution in [2.75, 3.05) is 7.05 Å². The summed E-state index contributed by atoms with van der Waals surface area (Å²) in [6, 6.07) is 3.98. The minimum absolute atomic E-state index is 0.0716. The fourth-order valence-electron chi connectivity index (χ4n) is 2.91. The first kappa shape index (κ1) is 15.3. The highest BCUT2D eigenvalue weighted by atomic mass is 19.3. The van der Waals surface area contributed by atoms with Crippen molar-refractivity contribution in [3.05, 3.63) is 35.4 Å². The predicted octanol–water partition coefficient (Wildman–Crippen LogP) is 3.92. The lowest BCUT2D eigenvalue weighted by atomic mass is 9.80. The molecule has 1 aromatic rings. The number of rotatable bonds is 4. The maximum atomic E-state index is 13.7. The quantitative estimate of drug-likeness (QED) is 0.828. The van der Waals surface area contributed by atoms with Gasteiger partial charge in [0.05, 0.1) is 0 Å². The Bertz CT molecular complexity index is 451. The van der Waals surface area contributed by atoms with E-state index in [-0.39, 0.29) is 24.8 Å². The van der Waals surface area contributed by atoms with Crippen molar-refractivity contribution in [3.8, 4) is 0 Å². The molecule has 0 bridgehead atoms. The van der Waals surface area contributed by atoms with E-state index in [0.717, 1.165) is 6.07 Å². The normalized spacial score (nSPS) is 20.9. The summed E-state index contributed by atoms with van der Waals surface area (Å²) in [5.41, 5.74) is 0.293. The molecule has 2 rings (SSSR count). The molecule has 20 heavy (non-hydrogen) atoms. The second-order valence-electron chi connectivity index (χ2n) is 5.51. The van der Waals surface area contributed by atoms with Crippen LogP contribution in [0.15, 0.2) is 18.2 Å². The molecular weight excluding hydrogens is 270 g/mol. The van der Waals surface area contributed by atoms with Crippen molar-refractivity contribution in [1.82, 2.24) is 5.32 Å². The van der Waals surface area contributed by atoms with Gasteiger partial charge in [-0.25, -0.2) is 17.6 Å². The third kappa shape index (κ3) is 3.51. The van der Waals surface area contributed by atoms with E-state index in [1.54, 1.807) is 13.1 Å². The Morgan fingerprint density at radius 2 is 1.90 bits per heavy atom. The van der Waals surface area contributed by atoms with Crippen molar-refractivity contribution in [3.63, 3.8) is 0 Å².